The van der Waals surface area contributed by atoms with E-state index < -0.39 is 0 Å². The number of benzene rings is 2. The summed E-state index contributed by atoms with van der Waals surface area (Å²) in [7, 11) is 0. The Hall–Kier alpha value is -2.31. The standard InChI is InChI=1S/C22H21BrN4S/c1-4-15-7-5-6-14(2)20(15)26-22-21(16-8-10-17(28-3)11-9-16)25-19-12-24-18(23)13-27(19)22/h5-13,26H,4H2,1-3H3. The topological polar surface area (TPSA) is 42.2 Å². The fourth-order valence-electron chi connectivity index (χ4n) is 3.32. The molecule has 4 aromatic rings. The van der Waals surface area contributed by atoms with Gasteiger partial charge in [-0.05, 0) is 58.8 Å². The number of hydrogen-bond donors (Lipinski definition) is 1. The molecule has 0 aliphatic heterocycles. The lowest BCUT2D eigenvalue weighted by Crippen LogP contribution is -2.02. The maximum atomic E-state index is 4.87. The van der Waals surface area contributed by atoms with Gasteiger partial charge in [0.1, 0.15) is 16.1 Å². The molecule has 2 heterocycles. The summed E-state index contributed by atoms with van der Waals surface area (Å²) in [5, 5.41) is 3.68. The molecule has 142 valence electrons. The summed E-state index contributed by atoms with van der Waals surface area (Å²) < 4.78 is 2.83. The highest BCUT2D eigenvalue weighted by Crippen LogP contribution is 2.34. The Balaban J connectivity index is 1.91. The Morgan fingerprint density at radius 1 is 1.14 bits per heavy atom. The van der Waals surface area contributed by atoms with Gasteiger partial charge in [0.15, 0.2) is 5.65 Å². The van der Waals surface area contributed by atoms with E-state index in [0.29, 0.717) is 0 Å². The van der Waals surface area contributed by atoms with Crippen LogP contribution in [-0.2, 0) is 6.42 Å². The maximum Gasteiger partial charge on any atom is 0.157 e. The zero-order chi connectivity index (χ0) is 19.7. The van der Waals surface area contributed by atoms with Gasteiger partial charge in [0.05, 0.1) is 6.20 Å². The van der Waals surface area contributed by atoms with Gasteiger partial charge in [0.2, 0.25) is 0 Å². The molecule has 0 saturated heterocycles. The lowest BCUT2D eigenvalue weighted by atomic mass is 10.1. The minimum atomic E-state index is 0.769. The van der Waals surface area contributed by atoms with Crippen molar-refractivity contribution in [3.8, 4) is 11.3 Å². The normalized spacial score (nSPS) is 11.1. The second-order valence-electron chi connectivity index (χ2n) is 6.56. The van der Waals surface area contributed by atoms with Crippen LogP contribution in [0, 0.1) is 6.92 Å². The highest BCUT2D eigenvalue weighted by atomic mass is 79.9. The average molecular weight is 453 g/mol. The largest absolute Gasteiger partial charge is 0.339 e. The zero-order valence-electron chi connectivity index (χ0n) is 16.0. The van der Waals surface area contributed by atoms with Crippen molar-refractivity contribution >= 4 is 44.8 Å². The molecule has 28 heavy (non-hydrogen) atoms. The molecule has 0 fully saturated rings. The number of halogens is 1. The highest BCUT2D eigenvalue weighted by molar-refractivity contribution is 9.10. The summed E-state index contributed by atoms with van der Waals surface area (Å²) in [6, 6.07) is 14.9. The summed E-state index contributed by atoms with van der Waals surface area (Å²) in [6.07, 6.45) is 6.78. The number of thioether (sulfide) groups is 1. The lowest BCUT2D eigenvalue weighted by Gasteiger charge is -2.15. The van der Waals surface area contributed by atoms with Crippen molar-refractivity contribution in [3.63, 3.8) is 0 Å². The molecule has 0 spiro atoms. The first-order chi connectivity index (χ1) is 13.6. The number of rotatable bonds is 5. The first-order valence-electron chi connectivity index (χ1n) is 9.14. The van der Waals surface area contributed by atoms with Gasteiger partial charge < -0.3 is 5.32 Å². The number of para-hydroxylation sites is 1. The maximum absolute atomic E-state index is 4.87. The molecule has 0 unspecified atom stereocenters. The Bertz CT molecular complexity index is 1140. The third-order valence-electron chi connectivity index (χ3n) is 4.82. The summed E-state index contributed by atoms with van der Waals surface area (Å²) in [5.41, 5.74) is 6.44. The number of fused-ring (bicyclic) bond motifs is 1. The lowest BCUT2D eigenvalue weighted by molar-refractivity contribution is 1.09. The summed E-state index contributed by atoms with van der Waals surface area (Å²) in [6.45, 7) is 4.31. The second kappa shape index (κ2) is 7.97. The minimum Gasteiger partial charge on any atom is -0.339 e. The third kappa shape index (κ3) is 3.54. The number of nitrogens with zero attached hydrogens (tertiary/aromatic N) is 3. The monoisotopic (exact) mass is 452 g/mol. The van der Waals surface area contributed by atoms with E-state index in [9.17, 15) is 0 Å². The van der Waals surface area contributed by atoms with E-state index in [2.05, 4.69) is 93.2 Å². The van der Waals surface area contributed by atoms with Crippen LogP contribution in [-0.4, -0.2) is 20.6 Å². The van der Waals surface area contributed by atoms with Gasteiger partial charge in [-0.2, -0.15) is 0 Å². The van der Waals surface area contributed by atoms with Crippen molar-refractivity contribution in [3.05, 3.63) is 70.6 Å². The van der Waals surface area contributed by atoms with E-state index in [1.54, 1.807) is 18.0 Å². The molecule has 1 N–H and O–H groups in total. The number of imidazole rings is 1. The molecule has 0 atom stereocenters. The molecule has 2 aromatic carbocycles. The SMILES string of the molecule is CCc1cccc(C)c1Nc1c(-c2ccc(SC)cc2)nc2cnc(Br)cn12. The summed E-state index contributed by atoms with van der Waals surface area (Å²) in [5.74, 6) is 0.944. The molecule has 4 rings (SSSR count). The smallest absolute Gasteiger partial charge is 0.157 e. The number of aryl methyl sites for hydroxylation is 2. The third-order valence-corrected chi connectivity index (χ3v) is 5.98. The van der Waals surface area contributed by atoms with Gasteiger partial charge in [-0.1, -0.05) is 37.3 Å². The van der Waals surface area contributed by atoms with Crippen molar-refractivity contribution in [2.75, 3.05) is 11.6 Å². The van der Waals surface area contributed by atoms with Crippen LogP contribution < -0.4 is 5.32 Å². The van der Waals surface area contributed by atoms with E-state index in [1.807, 2.05) is 6.20 Å². The first kappa shape index (κ1) is 19.0. The fourth-order valence-corrected chi connectivity index (χ4v) is 4.04. The Morgan fingerprint density at radius 3 is 2.64 bits per heavy atom. The minimum absolute atomic E-state index is 0.769. The van der Waals surface area contributed by atoms with Gasteiger partial charge in [0, 0.05) is 22.3 Å². The molecule has 4 nitrogen and oxygen atoms in total. The first-order valence-corrected chi connectivity index (χ1v) is 11.2. The Labute approximate surface area is 177 Å². The molecule has 0 radical (unpaired) electrons. The van der Waals surface area contributed by atoms with Crippen molar-refractivity contribution in [2.45, 2.75) is 25.2 Å². The van der Waals surface area contributed by atoms with Gasteiger partial charge in [0.25, 0.3) is 0 Å². The van der Waals surface area contributed by atoms with Crippen LogP contribution in [0.1, 0.15) is 18.1 Å². The number of aromatic nitrogens is 3. The number of nitrogens with one attached hydrogen (secondary N) is 1. The van der Waals surface area contributed by atoms with Gasteiger partial charge in [-0.25, -0.2) is 9.97 Å². The van der Waals surface area contributed by atoms with E-state index in [4.69, 9.17) is 4.98 Å². The number of anilines is 2. The van der Waals surface area contributed by atoms with E-state index in [1.165, 1.54) is 16.0 Å². The van der Waals surface area contributed by atoms with Crippen LogP contribution in [0.4, 0.5) is 11.5 Å². The van der Waals surface area contributed by atoms with Crippen molar-refractivity contribution < 1.29 is 0 Å². The predicted octanol–water partition coefficient (Wildman–Crippen LogP) is 6.50. The quantitative estimate of drug-likeness (QED) is 0.351. The molecular weight excluding hydrogens is 432 g/mol. The van der Waals surface area contributed by atoms with Crippen LogP contribution in [0.5, 0.6) is 0 Å². The van der Waals surface area contributed by atoms with E-state index in [0.717, 1.165) is 39.4 Å². The number of hydrogen-bond acceptors (Lipinski definition) is 4. The zero-order valence-corrected chi connectivity index (χ0v) is 18.4. The molecule has 0 saturated carbocycles. The van der Waals surface area contributed by atoms with Crippen molar-refractivity contribution in [1.29, 1.82) is 0 Å². The van der Waals surface area contributed by atoms with Crippen LogP contribution in [0.2, 0.25) is 0 Å². The van der Waals surface area contributed by atoms with Crippen molar-refractivity contribution in [1.82, 2.24) is 14.4 Å². The van der Waals surface area contributed by atoms with E-state index in [-0.39, 0.29) is 0 Å². The highest BCUT2D eigenvalue weighted by Gasteiger charge is 2.17. The molecule has 2 aromatic heterocycles. The van der Waals surface area contributed by atoms with Crippen LogP contribution in [0.25, 0.3) is 16.9 Å². The molecule has 6 heteroatoms. The summed E-state index contributed by atoms with van der Waals surface area (Å²) >= 11 is 5.22. The molecule has 0 bridgehead atoms. The van der Waals surface area contributed by atoms with Crippen molar-refractivity contribution in [2.24, 2.45) is 0 Å². The van der Waals surface area contributed by atoms with Crippen LogP contribution >= 0.6 is 27.7 Å². The molecule has 0 aliphatic carbocycles. The second-order valence-corrected chi connectivity index (χ2v) is 8.26. The van der Waals surface area contributed by atoms with Crippen LogP contribution in [0.15, 0.2) is 64.4 Å². The van der Waals surface area contributed by atoms with Crippen LogP contribution in [0.3, 0.4) is 0 Å². The average Bonchev–Trinajstić information content (AvgIpc) is 3.07. The fraction of sp³-hybridized carbons (Fsp3) is 0.182. The van der Waals surface area contributed by atoms with E-state index >= 15 is 0 Å². The molecule has 0 aliphatic rings. The predicted molar refractivity (Wildman–Crippen MR) is 122 cm³/mol. The Morgan fingerprint density at radius 2 is 1.93 bits per heavy atom. The Kier molecular flexibility index (Phi) is 5.42. The molecular formula is C22H21BrN4S. The van der Waals surface area contributed by atoms with Gasteiger partial charge in [-0.3, -0.25) is 4.40 Å². The van der Waals surface area contributed by atoms with Gasteiger partial charge >= 0.3 is 0 Å². The molecule has 0 amide bonds. The van der Waals surface area contributed by atoms with Gasteiger partial charge in [-0.15, -0.1) is 11.8 Å². The summed E-state index contributed by atoms with van der Waals surface area (Å²) in [4.78, 5) is 10.4.